The standard InChI is InChI=1S/C20H38N8O6S/c1-3-10(2)15(18(32)26-12(19(33)34)5-4-8-25-20(23)24)28-17(31)13(9-35)27-16(30)11(21)6-7-14(22)29/h10-13,15,35H,3-9,21H2,1-2H3,(H2,22,29)(H,26,32)(H,27,30)(H,28,31)(H,33,34)(H4,23,24,25). The number of carbonyl (C=O) groups is 5. The van der Waals surface area contributed by atoms with Crippen LogP contribution in [-0.2, 0) is 24.0 Å². The number of hydrogen-bond donors (Lipinski definition) is 9. The van der Waals surface area contributed by atoms with Gasteiger partial charge in [-0.25, -0.2) is 4.79 Å². The topological polar surface area (TPSA) is 258 Å². The molecule has 15 heteroatoms. The summed E-state index contributed by atoms with van der Waals surface area (Å²) in [6.07, 6.45) is 0.770. The first-order chi connectivity index (χ1) is 16.3. The van der Waals surface area contributed by atoms with Gasteiger partial charge in [-0.3, -0.25) is 24.2 Å². The van der Waals surface area contributed by atoms with Crippen LogP contribution < -0.4 is 38.9 Å². The Morgan fingerprint density at radius 1 is 0.943 bits per heavy atom. The van der Waals surface area contributed by atoms with Gasteiger partial charge in [-0.2, -0.15) is 12.6 Å². The van der Waals surface area contributed by atoms with Crippen LogP contribution in [0.5, 0.6) is 0 Å². The molecule has 0 aliphatic carbocycles. The zero-order valence-corrected chi connectivity index (χ0v) is 20.9. The molecule has 14 nitrogen and oxygen atoms in total. The number of thiol groups is 1. The number of rotatable bonds is 17. The van der Waals surface area contributed by atoms with Crippen molar-refractivity contribution < 1.29 is 29.1 Å². The Morgan fingerprint density at radius 2 is 1.54 bits per heavy atom. The second kappa shape index (κ2) is 16.5. The quantitative estimate of drug-likeness (QED) is 0.0414. The largest absolute Gasteiger partial charge is 0.480 e. The van der Waals surface area contributed by atoms with Gasteiger partial charge in [-0.15, -0.1) is 0 Å². The van der Waals surface area contributed by atoms with E-state index in [1.54, 1.807) is 13.8 Å². The lowest BCUT2D eigenvalue weighted by atomic mass is 9.97. The maximum absolute atomic E-state index is 12.9. The van der Waals surface area contributed by atoms with Crippen molar-refractivity contribution in [3.05, 3.63) is 0 Å². The number of guanidine groups is 1. The van der Waals surface area contributed by atoms with Crippen LogP contribution in [0.4, 0.5) is 0 Å². The molecule has 0 aliphatic heterocycles. The van der Waals surface area contributed by atoms with Crippen LogP contribution in [0, 0.1) is 5.92 Å². The van der Waals surface area contributed by atoms with Crippen molar-refractivity contribution in [2.45, 2.75) is 70.1 Å². The fourth-order valence-electron chi connectivity index (χ4n) is 2.88. The van der Waals surface area contributed by atoms with Crippen LogP contribution in [0.1, 0.15) is 46.0 Å². The van der Waals surface area contributed by atoms with Crippen LogP contribution in [0.25, 0.3) is 0 Å². The molecule has 0 saturated heterocycles. The van der Waals surface area contributed by atoms with Crippen molar-refractivity contribution in [1.82, 2.24) is 16.0 Å². The van der Waals surface area contributed by atoms with Crippen LogP contribution in [-0.4, -0.2) is 77.1 Å². The van der Waals surface area contributed by atoms with Crippen LogP contribution in [0.15, 0.2) is 4.99 Å². The SMILES string of the molecule is CCC(C)C(NC(=O)C(CS)NC(=O)C(N)CCC(N)=O)C(=O)NC(CCCN=C(N)N)C(=O)O. The molecule has 0 heterocycles. The minimum absolute atomic E-state index is 0.000260. The van der Waals surface area contributed by atoms with E-state index < -0.39 is 53.8 Å². The number of aliphatic imine (C=N–C) groups is 1. The van der Waals surface area contributed by atoms with E-state index in [4.69, 9.17) is 22.9 Å². The lowest BCUT2D eigenvalue weighted by molar-refractivity contribution is -0.142. The van der Waals surface area contributed by atoms with E-state index in [2.05, 4.69) is 33.6 Å². The summed E-state index contributed by atoms with van der Waals surface area (Å²) in [5, 5.41) is 16.9. The average molecular weight is 519 g/mol. The van der Waals surface area contributed by atoms with Gasteiger partial charge < -0.3 is 44.0 Å². The predicted molar refractivity (Wildman–Crippen MR) is 133 cm³/mol. The minimum atomic E-state index is -1.25. The minimum Gasteiger partial charge on any atom is -0.480 e. The fourth-order valence-corrected chi connectivity index (χ4v) is 3.14. The molecule has 12 N–H and O–H groups in total. The third kappa shape index (κ3) is 12.8. The zero-order valence-electron chi connectivity index (χ0n) is 20.0. The molecule has 4 amide bonds. The molecular formula is C20H38N8O6S. The third-order valence-corrected chi connectivity index (χ3v) is 5.57. The van der Waals surface area contributed by atoms with Crippen molar-refractivity contribution in [3.63, 3.8) is 0 Å². The Labute approximate surface area is 209 Å². The summed E-state index contributed by atoms with van der Waals surface area (Å²) in [4.78, 5) is 64.2. The average Bonchev–Trinajstić information content (AvgIpc) is 2.79. The number of aliphatic carboxylic acids is 1. The second-order valence-electron chi connectivity index (χ2n) is 8.08. The van der Waals surface area contributed by atoms with Gasteiger partial charge in [-0.05, 0) is 25.2 Å². The number of carbonyl (C=O) groups excluding carboxylic acids is 4. The van der Waals surface area contributed by atoms with E-state index in [-0.39, 0.29) is 43.4 Å². The van der Waals surface area contributed by atoms with Crippen molar-refractivity contribution >= 4 is 48.2 Å². The molecule has 0 saturated carbocycles. The normalized spacial score (nSPS) is 15.0. The number of carboxylic acid groups (broad SMARTS) is 1. The molecule has 35 heavy (non-hydrogen) atoms. The monoisotopic (exact) mass is 518 g/mol. The molecule has 5 unspecified atom stereocenters. The van der Waals surface area contributed by atoms with Crippen LogP contribution >= 0.6 is 12.6 Å². The van der Waals surface area contributed by atoms with Crippen molar-refractivity contribution in [1.29, 1.82) is 0 Å². The van der Waals surface area contributed by atoms with Gasteiger partial charge >= 0.3 is 5.97 Å². The molecule has 0 aromatic carbocycles. The first-order valence-corrected chi connectivity index (χ1v) is 11.8. The summed E-state index contributed by atoms with van der Waals surface area (Å²) in [5.41, 5.74) is 21.2. The zero-order chi connectivity index (χ0) is 27.1. The lowest BCUT2D eigenvalue weighted by Crippen LogP contribution is -2.59. The van der Waals surface area contributed by atoms with Crippen LogP contribution in [0.3, 0.4) is 0 Å². The van der Waals surface area contributed by atoms with Gasteiger partial charge in [0.1, 0.15) is 18.1 Å². The number of nitrogens with one attached hydrogen (secondary N) is 3. The molecule has 5 atom stereocenters. The molecule has 200 valence electrons. The molecule has 0 spiro atoms. The van der Waals surface area contributed by atoms with E-state index in [1.807, 2.05) is 0 Å². The lowest BCUT2D eigenvalue weighted by Gasteiger charge is -2.27. The molecule has 0 aromatic heterocycles. The highest BCUT2D eigenvalue weighted by molar-refractivity contribution is 7.80. The van der Waals surface area contributed by atoms with Crippen molar-refractivity contribution in [2.24, 2.45) is 33.8 Å². The van der Waals surface area contributed by atoms with Gasteiger partial charge in [-0.1, -0.05) is 20.3 Å². The Morgan fingerprint density at radius 3 is 2.03 bits per heavy atom. The first kappa shape index (κ1) is 31.9. The van der Waals surface area contributed by atoms with Gasteiger partial charge in [0.15, 0.2) is 5.96 Å². The summed E-state index contributed by atoms with van der Waals surface area (Å²) in [6.45, 7) is 3.71. The van der Waals surface area contributed by atoms with Crippen molar-refractivity contribution in [2.75, 3.05) is 12.3 Å². The highest BCUT2D eigenvalue weighted by atomic mass is 32.1. The Kier molecular flexibility index (Phi) is 15.1. The molecule has 0 aliphatic rings. The predicted octanol–water partition coefficient (Wildman–Crippen LogP) is -2.85. The van der Waals surface area contributed by atoms with Gasteiger partial charge in [0, 0.05) is 18.7 Å². The number of carboxylic acids is 1. The Hall–Kier alpha value is -3.07. The molecule has 0 fully saturated rings. The number of amides is 4. The molecule has 0 radical (unpaired) electrons. The van der Waals surface area contributed by atoms with Gasteiger partial charge in [0.05, 0.1) is 6.04 Å². The molecule has 0 bridgehead atoms. The van der Waals surface area contributed by atoms with E-state index in [0.29, 0.717) is 12.8 Å². The summed E-state index contributed by atoms with van der Waals surface area (Å²) in [6, 6.07) is -4.49. The summed E-state index contributed by atoms with van der Waals surface area (Å²) < 4.78 is 0. The first-order valence-electron chi connectivity index (χ1n) is 11.2. The fraction of sp³-hybridized carbons (Fsp3) is 0.700. The molecular weight excluding hydrogens is 480 g/mol. The Bertz CT molecular complexity index is 777. The van der Waals surface area contributed by atoms with Crippen LogP contribution in [0.2, 0.25) is 0 Å². The van der Waals surface area contributed by atoms with Gasteiger partial charge in [0.25, 0.3) is 0 Å². The highest BCUT2D eigenvalue weighted by Gasteiger charge is 2.32. The maximum atomic E-state index is 12.9. The number of primary amides is 1. The van der Waals surface area contributed by atoms with E-state index in [1.165, 1.54) is 0 Å². The van der Waals surface area contributed by atoms with E-state index in [0.717, 1.165) is 0 Å². The second-order valence-corrected chi connectivity index (χ2v) is 8.44. The van der Waals surface area contributed by atoms with Crippen molar-refractivity contribution in [3.8, 4) is 0 Å². The summed E-state index contributed by atoms with van der Waals surface area (Å²) in [7, 11) is 0. The third-order valence-electron chi connectivity index (χ3n) is 5.21. The number of hydrogen-bond acceptors (Lipinski definition) is 8. The Balaban J connectivity index is 5.26. The smallest absolute Gasteiger partial charge is 0.326 e. The number of nitrogens with two attached hydrogens (primary N) is 4. The summed E-state index contributed by atoms with van der Waals surface area (Å²) >= 11 is 4.08. The number of nitrogens with zero attached hydrogens (tertiary/aromatic N) is 1. The molecule has 0 aromatic rings. The van der Waals surface area contributed by atoms with E-state index in [9.17, 15) is 29.1 Å². The van der Waals surface area contributed by atoms with E-state index >= 15 is 0 Å². The summed E-state index contributed by atoms with van der Waals surface area (Å²) in [5.74, 6) is -4.52. The van der Waals surface area contributed by atoms with Gasteiger partial charge in [0.2, 0.25) is 23.6 Å². The maximum Gasteiger partial charge on any atom is 0.326 e. The highest BCUT2D eigenvalue weighted by Crippen LogP contribution is 2.10. The molecule has 0 rings (SSSR count).